The molecule has 2 atom stereocenters. The molecule has 2 N–H and O–H groups in total. The molecule has 1 aliphatic heterocycles. The van der Waals surface area contributed by atoms with Crippen LogP contribution in [0.15, 0.2) is 42.7 Å². The zero-order chi connectivity index (χ0) is 16.9. The van der Waals surface area contributed by atoms with Crippen molar-refractivity contribution in [1.29, 1.82) is 0 Å². The molecule has 2 heterocycles. The van der Waals surface area contributed by atoms with Crippen molar-refractivity contribution < 1.29 is 9.53 Å². The first kappa shape index (κ1) is 16.5. The molecule has 3 rings (SSSR count). The van der Waals surface area contributed by atoms with Gasteiger partial charge in [0.05, 0.1) is 17.9 Å². The SMILES string of the molecule is CC(C)Cn1cc(NC(=O)N[C@@H]2CCO[C@@H]2c2ccccc2)cn1. The first-order valence-corrected chi connectivity index (χ1v) is 8.38. The highest BCUT2D eigenvalue weighted by Crippen LogP contribution is 2.28. The van der Waals surface area contributed by atoms with E-state index in [-0.39, 0.29) is 18.2 Å². The van der Waals surface area contributed by atoms with Crippen molar-refractivity contribution in [2.45, 2.75) is 39.0 Å². The van der Waals surface area contributed by atoms with E-state index in [1.807, 2.05) is 41.2 Å². The van der Waals surface area contributed by atoms with E-state index >= 15 is 0 Å². The molecular formula is C18H24N4O2. The fraction of sp³-hybridized carbons (Fsp3) is 0.444. The summed E-state index contributed by atoms with van der Waals surface area (Å²) in [5, 5.41) is 10.1. The second-order valence-corrected chi connectivity index (χ2v) is 6.54. The lowest BCUT2D eigenvalue weighted by Crippen LogP contribution is -2.39. The molecule has 1 fully saturated rings. The third-order valence-electron chi connectivity index (χ3n) is 3.98. The average Bonchev–Trinajstić information content (AvgIpc) is 3.17. The highest BCUT2D eigenvalue weighted by molar-refractivity contribution is 5.89. The number of benzene rings is 1. The summed E-state index contributed by atoms with van der Waals surface area (Å²) in [5.74, 6) is 0.508. The molecule has 0 spiro atoms. The van der Waals surface area contributed by atoms with Crippen LogP contribution in [0, 0.1) is 5.92 Å². The summed E-state index contributed by atoms with van der Waals surface area (Å²) in [6.45, 7) is 5.74. The summed E-state index contributed by atoms with van der Waals surface area (Å²) >= 11 is 0. The lowest BCUT2D eigenvalue weighted by Gasteiger charge is -2.20. The Morgan fingerprint density at radius 3 is 2.92 bits per heavy atom. The lowest BCUT2D eigenvalue weighted by molar-refractivity contribution is 0.100. The molecule has 1 aliphatic rings. The van der Waals surface area contributed by atoms with E-state index in [0.717, 1.165) is 18.5 Å². The Labute approximate surface area is 142 Å². The van der Waals surface area contributed by atoms with Gasteiger partial charge < -0.3 is 15.4 Å². The Kier molecular flexibility index (Phi) is 5.15. The Hall–Kier alpha value is -2.34. The summed E-state index contributed by atoms with van der Waals surface area (Å²) in [7, 11) is 0. The number of anilines is 1. The van der Waals surface area contributed by atoms with Gasteiger partial charge in [-0.25, -0.2) is 4.79 Å². The molecule has 1 aromatic carbocycles. The molecule has 2 aromatic rings. The minimum atomic E-state index is -0.226. The zero-order valence-corrected chi connectivity index (χ0v) is 14.1. The lowest BCUT2D eigenvalue weighted by atomic mass is 10.0. The maximum atomic E-state index is 12.3. The predicted molar refractivity (Wildman–Crippen MR) is 92.8 cm³/mol. The van der Waals surface area contributed by atoms with E-state index in [4.69, 9.17) is 4.74 Å². The van der Waals surface area contributed by atoms with Gasteiger partial charge in [0, 0.05) is 19.3 Å². The van der Waals surface area contributed by atoms with Crippen LogP contribution >= 0.6 is 0 Å². The molecule has 1 aromatic heterocycles. The maximum Gasteiger partial charge on any atom is 0.319 e. The van der Waals surface area contributed by atoms with Crippen molar-refractivity contribution in [3.8, 4) is 0 Å². The molecule has 0 unspecified atom stereocenters. The Balaban J connectivity index is 1.57. The molecule has 0 aliphatic carbocycles. The fourth-order valence-electron chi connectivity index (χ4n) is 2.95. The summed E-state index contributed by atoms with van der Waals surface area (Å²) in [6, 6.07) is 9.74. The summed E-state index contributed by atoms with van der Waals surface area (Å²) in [6.07, 6.45) is 4.22. The van der Waals surface area contributed by atoms with E-state index in [0.29, 0.717) is 18.2 Å². The number of nitrogens with one attached hydrogen (secondary N) is 2. The molecule has 0 bridgehead atoms. The van der Waals surface area contributed by atoms with E-state index < -0.39 is 0 Å². The van der Waals surface area contributed by atoms with Crippen molar-refractivity contribution in [1.82, 2.24) is 15.1 Å². The second kappa shape index (κ2) is 7.49. The van der Waals surface area contributed by atoms with Crippen LogP contribution in [0.4, 0.5) is 10.5 Å². The number of carbonyl (C=O) groups excluding carboxylic acids is 1. The van der Waals surface area contributed by atoms with Crippen LogP contribution in [0.25, 0.3) is 0 Å². The van der Waals surface area contributed by atoms with Crippen molar-refractivity contribution in [2.24, 2.45) is 5.92 Å². The third-order valence-corrected chi connectivity index (χ3v) is 3.98. The number of aromatic nitrogens is 2. The number of urea groups is 1. The normalized spacial score (nSPS) is 20.3. The van der Waals surface area contributed by atoms with Gasteiger partial charge in [-0.15, -0.1) is 0 Å². The summed E-state index contributed by atoms with van der Waals surface area (Å²) in [4.78, 5) is 12.3. The number of nitrogens with zero attached hydrogens (tertiary/aromatic N) is 2. The highest BCUT2D eigenvalue weighted by Gasteiger charge is 2.30. The van der Waals surface area contributed by atoms with Gasteiger partial charge in [-0.2, -0.15) is 5.10 Å². The number of hydrogen-bond acceptors (Lipinski definition) is 3. The minimum absolute atomic E-state index is 0.0295. The zero-order valence-electron chi connectivity index (χ0n) is 14.1. The van der Waals surface area contributed by atoms with Crippen molar-refractivity contribution in [2.75, 3.05) is 11.9 Å². The van der Waals surface area contributed by atoms with Crippen molar-refractivity contribution >= 4 is 11.7 Å². The standard InChI is InChI=1S/C18H24N4O2/c1-13(2)11-22-12-15(10-19-22)20-18(23)21-16-8-9-24-17(16)14-6-4-3-5-7-14/h3-7,10,12-13,16-17H,8-9,11H2,1-2H3,(H2,20,21,23)/t16-,17-/m1/s1. The van der Waals surface area contributed by atoms with Gasteiger partial charge in [0.2, 0.25) is 0 Å². The maximum absolute atomic E-state index is 12.3. The van der Waals surface area contributed by atoms with Crippen LogP contribution < -0.4 is 10.6 Å². The summed E-state index contributed by atoms with van der Waals surface area (Å²) in [5.41, 5.74) is 1.79. The monoisotopic (exact) mass is 328 g/mol. The minimum Gasteiger partial charge on any atom is -0.371 e. The Bertz CT molecular complexity index is 669. The number of hydrogen-bond donors (Lipinski definition) is 2. The second-order valence-electron chi connectivity index (χ2n) is 6.54. The molecule has 6 heteroatoms. The molecule has 0 radical (unpaired) electrons. The van der Waals surface area contributed by atoms with Crippen LogP contribution in [-0.4, -0.2) is 28.5 Å². The topological polar surface area (TPSA) is 68.2 Å². The number of amides is 2. The van der Waals surface area contributed by atoms with Crippen LogP contribution in [0.3, 0.4) is 0 Å². The van der Waals surface area contributed by atoms with E-state index in [1.54, 1.807) is 6.20 Å². The van der Waals surface area contributed by atoms with Crippen LogP contribution in [0.2, 0.25) is 0 Å². The van der Waals surface area contributed by atoms with Crippen molar-refractivity contribution in [3.05, 3.63) is 48.3 Å². The molecule has 128 valence electrons. The third kappa shape index (κ3) is 4.14. The van der Waals surface area contributed by atoms with Gasteiger partial charge in [0.25, 0.3) is 0 Å². The quantitative estimate of drug-likeness (QED) is 0.886. The largest absolute Gasteiger partial charge is 0.371 e. The Morgan fingerprint density at radius 1 is 1.38 bits per heavy atom. The highest BCUT2D eigenvalue weighted by atomic mass is 16.5. The molecule has 24 heavy (non-hydrogen) atoms. The van der Waals surface area contributed by atoms with Crippen LogP contribution in [0.5, 0.6) is 0 Å². The van der Waals surface area contributed by atoms with Gasteiger partial charge in [-0.1, -0.05) is 44.2 Å². The molecule has 2 amide bonds. The number of ether oxygens (including phenoxy) is 1. The molecule has 0 saturated carbocycles. The van der Waals surface area contributed by atoms with E-state index in [2.05, 4.69) is 29.6 Å². The first-order chi connectivity index (χ1) is 11.6. The first-order valence-electron chi connectivity index (χ1n) is 8.38. The van der Waals surface area contributed by atoms with Crippen LogP contribution in [0.1, 0.15) is 31.9 Å². The van der Waals surface area contributed by atoms with Gasteiger partial charge >= 0.3 is 6.03 Å². The van der Waals surface area contributed by atoms with E-state index in [9.17, 15) is 4.79 Å². The predicted octanol–water partition coefficient (Wildman–Crippen LogP) is 3.19. The average molecular weight is 328 g/mol. The fourth-order valence-corrected chi connectivity index (χ4v) is 2.95. The number of rotatable bonds is 5. The number of carbonyl (C=O) groups is 1. The van der Waals surface area contributed by atoms with Crippen molar-refractivity contribution in [3.63, 3.8) is 0 Å². The molecule has 1 saturated heterocycles. The van der Waals surface area contributed by atoms with Gasteiger partial charge in [-0.05, 0) is 17.9 Å². The van der Waals surface area contributed by atoms with Gasteiger partial charge in [0.1, 0.15) is 6.10 Å². The summed E-state index contributed by atoms with van der Waals surface area (Å²) < 4.78 is 7.63. The molecule has 6 nitrogen and oxygen atoms in total. The Morgan fingerprint density at radius 2 is 2.17 bits per heavy atom. The van der Waals surface area contributed by atoms with Crippen LogP contribution in [-0.2, 0) is 11.3 Å². The molecular weight excluding hydrogens is 304 g/mol. The smallest absolute Gasteiger partial charge is 0.319 e. The van der Waals surface area contributed by atoms with Gasteiger partial charge in [-0.3, -0.25) is 4.68 Å². The van der Waals surface area contributed by atoms with Gasteiger partial charge in [0.15, 0.2) is 0 Å². The van der Waals surface area contributed by atoms with E-state index in [1.165, 1.54) is 0 Å².